The second kappa shape index (κ2) is 7.19. The number of nitrogens with one attached hydrogen (secondary N) is 1. The van der Waals surface area contributed by atoms with Gasteiger partial charge in [0.15, 0.2) is 5.69 Å². The average Bonchev–Trinajstić information content (AvgIpc) is 2.69. The van der Waals surface area contributed by atoms with Crippen LogP contribution in [0.25, 0.3) is 16.8 Å². The number of aromatic nitrogens is 1. The second-order valence-electron chi connectivity index (χ2n) is 6.16. The first-order valence-corrected chi connectivity index (χ1v) is 8.76. The Morgan fingerprint density at radius 1 is 1.32 bits per heavy atom. The average molecular weight is 380 g/mol. The first-order chi connectivity index (χ1) is 13.6. The predicted molar refractivity (Wildman–Crippen MR) is 104 cm³/mol. The van der Waals surface area contributed by atoms with Crippen molar-refractivity contribution in [3.8, 4) is 11.5 Å². The van der Waals surface area contributed by atoms with Gasteiger partial charge in [-0.25, -0.2) is 14.2 Å². The van der Waals surface area contributed by atoms with Gasteiger partial charge in [0.2, 0.25) is 0 Å². The van der Waals surface area contributed by atoms with E-state index >= 15 is 0 Å². The Hall–Kier alpha value is -3.61. The maximum absolute atomic E-state index is 13.2. The zero-order valence-electron chi connectivity index (χ0n) is 15.0. The number of fused-ring (bicyclic) bond motifs is 3. The monoisotopic (exact) mass is 380 g/mol. The van der Waals surface area contributed by atoms with Gasteiger partial charge in [-0.2, -0.15) is 0 Å². The van der Waals surface area contributed by atoms with Crippen molar-refractivity contribution in [2.75, 3.05) is 18.5 Å². The largest absolute Gasteiger partial charge is 0.507 e. The molecule has 0 amide bonds. The number of ether oxygens (including phenoxy) is 2. The number of phenolic OH excluding ortho intramolecular Hbond substituents is 1. The molecule has 1 aliphatic rings. The summed E-state index contributed by atoms with van der Waals surface area (Å²) in [4.78, 5) is 16.6. The Bertz CT molecular complexity index is 1090. The number of esters is 1. The summed E-state index contributed by atoms with van der Waals surface area (Å²) in [6.07, 6.45) is 3.67. The van der Waals surface area contributed by atoms with Crippen LogP contribution in [0.4, 0.5) is 15.9 Å². The Labute approximate surface area is 160 Å². The smallest absolute Gasteiger partial charge is 0.357 e. The molecule has 0 radical (unpaired) electrons. The SMILES string of the molecule is CCOC(=O)c1cc2c3c(cc(O)c2c(Nc2ccc(F)cc2)n1)C=CCO3. The molecule has 2 heterocycles. The summed E-state index contributed by atoms with van der Waals surface area (Å²) in [6.45, 7) is 2.29. The number of pyridine rings is 1. The van der Waals surface area contributed by atoms with Crippen molar-refractivity contribution >= 4 is 34.3 Å². The third-order valence-corrected chi connectivity index (χ3v) is 4.29. The van der Waals surface area contributed by atoms with Gasteiger partial charge >= 0.3 is 5.97 Å². The number of carbonyl (C=O) groups excluding carboxylic acids is 1. The zero-order chi connectivity index (χ0) is 19.7. The molecule has 7 heteroatoms. The molecule has 0 fully saturated rings. The highest BCUT2D eigenvalue weighted by molar-refractivity contribution is 6.06. The molecule has 0 bridgehead atoms. The number of nitrogens with zero attached hydrogens (tertiary/aromatic N) is 1. The minimum absolute atomic E-state index is 0.0172. The van der Waals surface area contributed by atoms with Crippen molar-refractivity contribution in [3.05, 3.63) is 59.5 Å². The summed E-state index contributed by atoms with van der Waals surface area (Å²) in [5.41, 5.74) is 1.32. The lowest BCUT2D eigenvalue weighted by molar-refractivity contribution is 0.0520. The second-order valence-corrected chi connectivity index (χ2v) is 6.16. The van der Waals surface area contributed by atoms with E-state index in [0.29, 0.717) is 34.4 Å². The molecule has 0 atom stereocenters. The lowest BCUT2D eigenvalue weighted by Gasteiger charge is -2.19. The summed E-state index contributed by atoms with van der Waals surface area (Å²) >= 11 is 0. The number of halogens is 1. The minimum Gasteiger partial charge on any atom is -0.507 e. The number of carbonyl (C=O) groups is 1. The molecule has 0 spiro atoms. The highest BCUT2D eigenvalue weighted by Gasteiger charge is 2.21. The van der Waals surface area contributed by atoms with Crippen molar-refractivity contribution in [1.29, 1.82) is 0 Å². The van der Waals surface area contributed by atoms with Gasteiger partial charge in [0.1, 0.15) is 29.7 Å². The van der Waals surface area contributed by atoms with E-state index in [1.165, 1.54) is 24.3 Å². The first-order valence-electron chi connectivity index (χ1n) is 8.76. The Morgan fingerprint density at radius 3 is 2.86 bits per heavy atom. The quantitative estimate of drug-likeness (QED) is 0.653. The molecule has 2 N–H and O–H groups in total. The van der Waals surface area contributed by atoms with Crippen LogP contribution in [0.1, 0.15) is 23.0 Å². The van der Waals surface area contributed by atoms with E-state index in [0.717, 1.165) is 0 Å². The lowest BCUT2D eigenvalue weighted by atomic mass is 10.0. The number of hydrogen-bond acceptors (Lipinski definition) is 6. The van der Waals surface area contributed by atoms with Crippen molar-refractivity contribution in [2.45, 2.75) is 6.92 Å². The molecule has 1 aliphatic heterocycles. The van der Waals surface area contributed by atoms with Crippen LogP contribution in [0.15, 0.2) is 42.5 Å². The Balaban J connectivity index is 1.94. The highest BCUT2D eigenvalue weighted by Crippen LogP contribution is 2.42. The number of rotatable bonds is 4. The van der Waals surface area contributed by atoms with Gasteiger partial charge in [-0.1, -0.05) is 6.08 Å². The van der Waals surface area contributed by atoms with Crippen molar-refractivity contribution in [1.82, 2.24) is 4.98 Å². The van der Waals surface area contributed by atoms with Crippen molar-refractivity contribution < 1.29 is 23.8 Å². The molecule has 6 nitrogen and oxygen atoms in total. The van der Waals surface area contributed by atoms with Gasteiger partial charge in [0.25, 0.3) is 0 Å². The molecular formula is C21H17FN2O4. The molecular weight excluding hydrogens is 363 g/mol. The van der Waals surface area contributed by atoms with E-state index in [1.807, 2.05) is 12.2 Å². The van der Waals surface area contributed by atoms with E-state index in [4.69, 9.17) is 9.47 Å². The van der Waals surface area contributed by atoms with Crippen LogP contribution in [-0.4, -0.2) is 29.3 Å². The maximum Gasteiger partial charge on any atom is 0.357 e. The van der Waals surface area contributed by atoms with Crippen LogP contribution >= 0.6 is 0 Å². The van der Waals surface area contributed by atoms with Crippen LogP contribution in [0.2, 0.25) is 0 Å². The van der Waals surface area contributed by atoms with E-state index in [-0.39, 0.29) is 29.7 Å². The van der Waals surface area contributed by atoms with Crippen molar-refractivity contribution in [3.63, 3.8) is 0 Å². The number of aromatic hydroxyl groups is 1. The van der Waals surface area contributed by atoms with Gasteiger partial charge in [0, 0.05) is 16.6 Å². The zero-order valence-corrected chi connectivity index (χ0v) is 15.0. The number of phenols is 1. The van der Waals surface area contributed by atoms with Gasteiger partial charge < -0.3 is 19.9 Å². The summed E-state index contributed by atoms with van der Waals surface area (Å²) in [5, 5.41) is 14.6. The molecule has 3 aromatic rings. The summed E-state index contributed by atoms with van der Waals surface area (Å²) < 4.78 is 24.0. The van der Waals surface area contributed by atoms with E-state index in [9.17, 15) is 14.3 Å². The molecule has 0 aliphatic carbocycles. The number of hydrogen-bond donors (Lipinski definition) is 2. The van der Waals surface area contributed by atoms with Crippen LogP contribution in [0.5, 0.6) is 11.5 Å². The molecule has 4 rings (SSSR count). The Morgan fingerprint density at radius 2 is 2.11 bits per heavy atom. The van der Waals surface area contributed by atoms with Crippen LogP contribution in [-0.2, 0) is 4.74 Å². The van der Waals surface area contributed by atoms with Crippen molar-refractivity contribution in [2.24, 2.45) is 0 Å². The Kier molecular flexibility index (Phi) is 4.57. The molecule has 2 aromatic carbocycles. The summed E-state index contributed by atoms with van der Waals surface area (Å²) in [6, 6.07) is 8.80. The topological polar surface area (TPSA) is 80.7 Å². The highest BCUT2D eigenvalue weighted by atomic mass is 19.1. The molecule has 28 heavy (non-hydrogen) atoms. The third kappa shape index (κ3) is 3.22. The third-order valence-electron chi connectivity index (χ3n) is 4.29. The van der Waals surface area contributed by atoms with E-state index < -0.39 is 5.97 Å². The fraction of sp³-hybridized carbons (Fsp3) is 0.143. The minimum atomic E-state index is -0.588. The summed E-state index contributed by atoms with van der Waals surface area (Å²) in [7, 11) is 0. The first kappa shape index (κ1) is 17.8. The van der Waals surface area contributed by atoms with Crippen LogP contribution in [0, 0.1) is 5.82 Å². The molecule has 0 saturated heterocycles. The molecule has 0 saturated carbocycles. The van der Waals surface area contributed by atoms with Gasteiger partial charge in [0.05, 0.1) is 12.0 Å². The summed E-state index contributed by atoms with van der Waals surface area (Å²) in [5.74, 6) is -0.191. The number of benzene rings is 2. The lowest BCUT2D eigenvalue weighted by Crippen LogP contribution is -2.10. The normalized spacial score (nSPS) is 12.4. The molecule has 0 unspecified atom stereocenters. The predicted octanol–water partition coefficient (Wildman–Crippen LogP) is 4.41. The van der Waals surface area contributed by atoms with Crippen LogP contribution in [0.3, 0.4) is 0 Å². The molecule has 142 valence electrons. The van der Waals surface area contributed by atoms with Gasteiger partial charge in [-0.3, -0.25) is 0 Å². The standard InChI is InChI=1S/C21H17FN2O4/c1-2-27-21(26)16-11-15-18(17(25)10-12-4-3-9-28-19(12)15)20(24-16)23-14-7-5-13(22)6-8-14/h3-8,10-11,25H,2,9H2,1H3,(H,23,24). The number of anilines is 2. The fourth-order valence-electron chi connectivity index (χ4n) is 3.09. The van der Waals surface area contributed by atoms with Gasteiger partial charge in [-0.05, 0) is 49.4 Å². The maximum atomic E-state index is 13.2. The van der Waals surface area contributed by atoms with Crippen LogP contribution < -0.4 is 10.1 Å². The van der Waals surface area contributed by atoms with Gasteiger partial charge in [-0.15, -0.1) is 0 Å². The fourth-order valence-corrected chi connectivity index (χ4v) is 3.09. The molecule has 1 aromatic heterocycles. The van der Waals surface area contributed by atoms with E-state index in [1.54, 1.807) is 19.1 Å². The van der Waals surface area contributed by atoms with E-state index in [2.05, 4.69) is 10.3 Å².